The highest BCUT2D eigenvalue weighted by atomic mass is 16.5. The van der Waals surface area contributed by atoms with Crippen LogP contribution in [0.1, 0.15) is 11.4 Å². The quantitative estimate of drug-likeness (QED) is 0.707. The fraction of sp³-hybridized carbons (Fsp3) is 0.312. The van der Waals surface area contributed by atoms with E-state index in [1.165, 1.54) is 5.56 Å². The van der Waals surface area contributed by atoms with Crippen LogP contribution in [0.15, 0.2) is 36.8 Å². The van der Waals surface area contributed by atoms with Crippen molar-refractivity contribution in [3.05, 3.63) is 48.2 Å². The third-order valence-electron chi connectivity index (χ3n) is 3.42. The van der Waals surface area contributed by atoms with E-state index in [1.54, 1.807) is 19.5 Å². The van der Waals surface area contributed by atoms with Crippen LogP contribution in [-0.4, -0.2) is 39.8 Å². The fourth-order valence-electron chi connectivity index (χ4n) is 2.43. The summed E-state index contributed by atoms with van der Waals surface area (Å²) in [5, 5.41) is 3.33. The summed E-state index contributed by atoms with van der Waals surface area (Å²) in [6, 6.07) is 6.05. The molecule has 0 saturated heterocycles. The van der Waals surface area contributed by atoms with Gasteiger partial charge in [-0.1, -0.05) is 0 Å². The fourth-order valence-corrected chi connectivity index (χ4v) is 2.43. The van der Waals surface area contributed by atoms with Crippen molar-refractivity contribution in [1.29, 1.82) is 0 Å². The minimum Gasteiger partial charge on any atom is -0.383 e. The van der Waals surface area contributed by atoms with Gasteiger partial charge in [0.25, 0.3) is 0 Å². The van der Waals surface area contributed by atoms with E-state index in [2.05, 4.69) is 24.8 Å². The van der Waals surface area contributed by atoms with Crippen LogP contribution >= 0.6 is 0 Å². The van der Waals surface area contributed by atoms with Crippen LogP contribution in [0.5, 0.6) is 0 Å². The Hall–Kier alpha value is -2.47. The van der Waals surface area contributed by atoms with E-state index in [9.17, 15) is 0 Å². The molecule has 0 aromatic carbocycles. The van der Waals surface area contributed by atoms with Crippen LogP contribution in [0.4, 0.5) is 5.82 Å². The Kier molecular flexibility index (Phi) is 4.29. The zero-order chi connectivity index (χ0) is 15.4. The number of nitrogens with zero attached hydrogens (tertiary/aromatic N) is 4. The molecule has 6 heteroatoms. The van der Waals surface area contributed by atoms with Crippen LogP contribution in [-0.2, 0) is 11.3 Å². The molecule has 0 saturated carbocycles. The number of aryl methyl sites for hydroxylation is 1. The third kappa shape index (κ3) is 3.07. The van der Waals surface area contributed by atoms with Crippen molar-refractivity contribution in [2.75, 3.05) is 25.6 Å². The molecule has 0 unspecified atom stereocenters. The standard InChI is InChI=1S/C16H19N5O/c1-12-19-14-5-9-21(11-13-3-6-17-7-4-13)15(14)16(20-12)18-8-10-22-2/h3-7,9H,8,10-11H2,1-2H3,(H,18,19,20). The number of hydrogen-bond acceptors (Lipinski definition) is 5. The number of aromatic nitrogens is 4. The van der Waals surface area contributed by atoms with Gasteiger partial charge in [-0.25, -0.2) is 9.97 Å². The van der Waals surface area contributed by atoms with Crippen molar-refractivity contribution in [2.24, 2.45) is 0 Å². The largest absolute Gasteiger partial charge is 0.383 e. The summed E-state index contributed by atoms with van der Waals surface area (Å²) in [6.07, 6.45) is 5.65. The first-order chi connectivity index (χ1) is 10.8. The molecule has 114 valence electrons. The molecule has 3 aromatic heterocycles. The molecule has 0 aliphatic heterocycles. The first-order valence-electron chi connectivity index (χ1n) is 7.23. The lowest BCUT2D eigenvalue weighted by atomic mass is 10.2. The number of rotatable bonds is 6. The van der Waals surface area contributed by atoms with E-state index >= 15 is 0 Å². The van der Waals surface area contributed by atoms with E-state index < -0.39 is 0 Å². The highest BCUT2D eigenvalue weighted by Gasteiger charge is 2.11. The van der Waals surface area contributed by atoms with Crippen LogP contribution in [0.3, 0.4) is 0 Å². The Labute approximate surface area is 129 Å². The third-order valence-corrected chi connectivity index (χ3v) is 3.42. The maximum Gasteiger partial charge on any atom is 0.154 e. The van der Waals surface area contributed by atoms with Crippen LogP contribution < -0.4 is 5.32 Å². The molecule has 0 spiro atoms. The van der Waals surface area contributed by atoms with Crippen LogP contribution in [0.25, 0.3) is 11.0 Å². The molecule has 3 heterocycles. The van der Waals surface area contributed by atoms with Gasteiger partial charge in [-0.05, 0) is 30.7 Å². The van der Waals surface area contributed by atoms with Gasteiger partial charge in [-0.2, -0.15) is 0 Å². The summed E-state index contributed by atoms with van der Waals surface area (Å²) >= 11 is 0. The second-order valence-corrected chi connectivity index (χ2v) is 5.07. The Morgan fingerprint density at radius 2 is 2.00 bits per heavy atom. The monoisotopic (exact) mass is 297 g/mol. The van der Waals surface area contributed by atoms with Crippen molar-refractivity contribution in [1.82, 2.24) is 19.5 Å². The number of pyridine rings is 1. The molecule has 0 radical (unpaired) electrons. The number of anilines is 1. The second-order valence-electron chi connectivity index (χ2n) is 5.07. The molecule has 0 aliphatic rings. The molecular formula is C16H19N5O. The average molecular weight is 297 g/mol. The molecule has 22 heavy (non-hydrogen) atoms. The molecule has 0 aliphatic carbocycles. The summed E-state index contributed by atoms with van der Waals surface area (Å²) in [7, 11) is 1.69. The Bertz CT molecular complexity index is 754. The van der Waals surface area contributed by atoms with E-state index in [1.807, 2.05) is 31.3 Å². The molecule has 0 atom stereocenters. The molecule has 6 nitrogen and oxygen atoms in total. The lowest BCUT2D eigenvalue weighted by Crippen LogP contribution is -2.11. The molecule has 1 N–H and O–H groups in total. The summed E-state index contributed by atoms with van der Waals surface area (Å²) in [5.41, 5.74) is 3.15. The van der Waals surface area contributed by atoms with Crippen molar-refractivity contribution in [3.63, 3.8) is 0 Å². The summed E-state index contributed by atoms with van der Waals surface area (Å²) in [6.45, 7) is 4.01. The number of fused-ring (bicyclic) bond motifs is 1. The maximum atomic E-state index is 5.09. The minimum absolute atomic E-state index is 0.635. The van der Waals surface area contributed by atoms with Crippen LogP contribution in [0.2, 0.25) is 0 Å². The predicted octanol–water partition coefficient (Wildman–Crippen LogP) is 2.24. The normalized spacial score (nSPS) is 11.0. The SMILES string of the molecule is COCCNc1nc(C)nc2ccn(Cc3ccncc3)c12. The van der Waals surface area contributed by atoms with Gasteiger partial charge in [-0.3, -0.25) is 4.98 Å². The molecule has 0 bridgehead atoms. The van der Waals surface area contributed by atoms with Gasteiger partial charge >= 0.3 is 0 Å². The van der Waals surface area contributed by atoms with Gasteiger partial charge in [0.15, 0.2) is 5.82 Å². The molecular weight excluding hydrogens is 278 g/mol. The number of hydrogen-bond donors (Lipinski definition) is 1. The first-order valence-corrected chi connectivity index (χ1v) is 7.23. The van der Waals surface area contributed by atoms with Gasteiger partial charge in [0.05, 0.1) is 12.1 Å². The number of methoxy groups -OCH3 is 1. The zero-order valence-electron chi connectivity index (χ0n) is 12.8. The van der Waals surface area contributed by atoms with Crippen molar-refractivity contribution in [2.45, 2.75) is 13.5 Å². The van der Waals surface area contributed by atoms with Crippen LogP contribution in [0, 0.1) is 6.92 Å². The van der Waals surface area contributed by atoms with Gasteiger partial charge in [0.1, 0.15) is 11.3 Å². The topological polar surface area (TPSA) is 64.9 Å². The Morgan fingerprint density at radius 3 is 2.77 bits per heavy atom. The van der Waals surface area contributed by atoms with Crippen molar-refractivity contribution >= 4 is 16.9 Å². The smallest absolute Gasteiger partial charge is 0.154 e. The zero-order valence-corrected chi connectivity index (χ0v) is 12.8. The van der Waals surface area contributed by atoms with Gasteiger partial charge in [0.2, 0.25) is 0 Å². The second kappa shape index (κ2) is 6.53. The number of nitrogens with one attached hydrogen (secondary N) is 1. The highest BCUT2D eigenvalue weighted by molar-refractivity contribution is 5.86. The number of ether oxygens (including phenoxy) is 1. The molecule has 3 aromatic rings. The van der Waals surface area contributed by atoms with Gasteiger partial charge in [0, 0.05) is 38.8 Å². The lowest BCUT2D eigenvalue weighted by Gasteiger charge is -2.11. The summed E-state index contributed by atoms with van der Waals surface area (Å²) in [5.74, 6) is 1.60. The van der Waals surface area contributed by atoms with Gasteiger partial charge in [-0.15, -0.1) is 0 Å². The minimum atomic E-state index is 0.635. The van der Waals surface area contributed by atoms with E-state index in [-0.39, 0.29) is 0 Å². The van der Waals surface area contributed by atoms with E-state index in [0.29, 0.717) is 13.2 Å². The van der Waals surface area contributed by atoms with E-state index in [4.69, 9.17) is 4.74 Å². The Balaban J connectivity index is 1.96. The molecule has 3 rings (SSSR count). The first kappa shape index (κ1) is 14.5. The van der Waals surface area contributed by atoms with Crippen molar-refractivity contribution in [3.8, 4) is 0 Å². The van der Waals surface area contributed by atoms with Gasteiger partial charge < -0.3 is 14.6 Å². The predicted molar refractivity (Wildman–Crippen MR) is 86.0 cm³/mol. The van der Waals surface area contributed by atoms with Crippen molar-refractivity contribution < 1.29 is 4.74 Å². The molecule has 0 amide bonds. The maximum absolute atomic E-state index is 5.09. The Morgan fingerprint density at radius 1 is 1.18 bits per heavy atom. The lowest BCUT2D eigenvalue weighted by molar-refractivity contribution is 0.210. The highest BCUT2D eigenvalue weighted by Crippen LogP contribution is 2.22. The molecule has 0 fully saturated rings. The summed E-state index contributed by atoms with van der Waals surface area (Å²) < 4.78 is 7.25. The summed E-state index contributed by atoms with van der Waals surface area (Å²) in [4.78, 5) is 13.1. The van der Waals surface area contributed by atoms with E-state index in [0.717, 1.165) is 29.2 Å². The average Bonchev–Trinajstić information content (AvgIpc) is 2.91.